The molecule has 4 heteroatoms. The number of aromatic amines is 1. The second kappa shape index (κ2) is 3.37. The van der Waals surface area contributed by atoms with Crippen LogP contribution in [0.15, 0.2) is 30.6 Å². The Bertz CT molecular complexity index is 366. The number of benzene rings is 1. The Kier molecular flexibility index (Phi) is 2.06. The molecule has 0 spiro atoms. The molecule has 1 aromatic heterocycles. The molecule has 0 fully saturated rings. The first kappa shape index (κ1) is 7.94. The number of hydrogen-bond donors (Lipinski definition) is 2. The zero-order valence-corrected chi connectivity index (χ0v) is 6.94. The molecule has 0 aliphatic carbocycles. The number of H-pyrrole nitrogens is 1. The average Bonchev–Trinajstić information content (AvgIpc) is 2.71. The van der Waals surface area contributed by atoms with Crippen molar-refractivity contribution < 1.29 is 5.11 Å². The molecule has 2 N–H and O–H groups in total. The molecule has 0 saturated carbocycles. The second-order valence-corrected chi connectivity index (χ2v) is 2.68. The van der Waals surface area contributed by atoms with Gasteiger partial charge in [-0.3, -0.25) is 5.10 Å². The van der Waals surface area contributed by atoms with Crippen LogP contribution >= 0.6 is 0 Å². The molecule has 1 aromatic carbocycles. The van der Waals surface area contributed by atoms with E-state index in [2.05, 4.69) is 15.2 Å². The summed E-state index contributed by atoms with van der Waals surface area (Å²) in [6, 6.07) is 7.47. The number of aliphatic hydroxyl groups excluding tert-OH is 1. The number of aromatic nitrogens is 3. The van der Waals surface area contributed by atoms with E-state index in [1.165, 1.54) is 6.33 Å². The van der Waals surface area contributed by atoms with E-state index in [0.717, 1.165) is 11.1 Å². The fraction of sp³-hybridized carbons (Fsp3) is 0.111. The van der Waals surface area contributed by atoms with E-state index in [-0.39, 0.29) is 6.61 Å². The number of hydrogen-bond acceptors (Lipinski definition) is 3. The number of nitrogens with one attached hydrogen (secondary N) is 1. The van der Waals surface area contributed by atoms with Gasteiger partial charge in [0.2, 0.25) is 0 Å². The minimum absolute atomic E-state index is 0.0638. The van der Waals surface area contributed by atoms with Crippen LogP contribution in [0, 0.1) is 0 Å². The van der Waals surface area contributed by atoms with Gasteiger partial charge in [-0.2, -0.15) is 5.10 Å². The monoisotopic (exact) mass is 175 g/mol. The molecule has 0 radical (unpaired) electrons. The molecule has 0 aliphatic rings. The van der Waals surface area contributed by atoms with Gasteiger partial charge in [0.25, 0.3) is 0 Å². The fourth-order valence-electron chi connectivity index (χ4n) is 1.11. The predicted molar refractivity (Wildman–Crippen MR) is 47.7 cm³/mol. The molecule has 2 aromatic rings. The average molecular weight is 175 g/mol. The Morgan fingerprint density at radius 3 is 2.54 bits per heavy atom. The van der Waals surface area contributed by atoms with E-state index >= 15 is 0 Å². The summed E-state index contributed by atoms with van der Waals surface area (Å²) in [6.07, 6.45) is 1.54. The van der Waals surface area contributed by atoms with Gasteiger partial charge >= 0.3 is 0 Å². The van der Waals surface area contributed by atoms with Crippen LogP contribution in [0.3, 0.4) is 0 Å². The van der Waals surface area contributed by atoms with Gasteiger partial charge in [0.05, 0.1) is 6.61 Å². The maximum atomic E-state index is 8.82. The Morgan fingerprint density at radius 2 is 2.00 bits per heavy atom. The summed E-state index contributed by atoms with van der Waals surface area (Å²) in [5, 5.41) is 15.4. The first-order valence-corrected chi connectivity index (χ1v) is 3.96. The summed E-state index contributed by atoms with van der Waals surface area (Å²) < 4.78 is 0. The molecule has 0 aliphatic heterocycles. The quantitative estimate of drug-likeness (QED) is 0.714. The van der Waals surface area contributed by atoms with Gasteiger partial charge < -0.3 is 5.11 Å². The molecule has 4 nitrogen and oxygen atoms in total. The Labute approximate surface area is 75.3 Å². The zero-order chi connectivity index (χ0) is 9.10. The second-order valence-electron chi connectivity index (χ2n) is 2.68. The first-order valence-electron chi connectivity index (χ1n) is 3.96. The topological polar surface area (TPSA) is 61.8 Å². The van der Waals surface area contributed by atoms with Crippen molar-refractivity contribution in [2.24, 2.45) is 0 Å². The molecule has 2 rings (SSSR count). The summed E-state index contributed by atoms with van der Waals surface area (Å²) >= 11 is 0. The lowest BCUT2D eigenvalue weighted by molar-refractivity contribution is 0.282. The van der Waals surface area contributed by atoms with E-state index in [0.29, 0.717) is 5.82 Å². The van der Waals surface area contributed by atoms with Crippen LogP contribution in [0.4, 0.5) is 0 Å². The lowest BCUT2D eigenvalue weighted by Gasteiger charge is -1.96. The smallest absolute Gasteiger partial charge is 0.180 e. The molecular weight excluding hydrogens is 166 g/mol. The van der Waals surface area contributed by atoms with E-state index < -0.39 is 0 Å². The van der Waals surface area contributed by atoms with E-state index in [9.17, 15) is 0 Å². The minimum atomic E-state index is 0.0638. The third-order valence-electron chi connectivity index (χ3n) is 1.81. The van der Waals surface area contributed by atoms with Crippen molar-refractivity contribution in [3.05, 3.63) is 36.2 Å². The highest BCUT2D eigenvalue weighted by atomic mass is 16.3. The maximum Gasteiger partial charge on any atom is 0.180 e. The number of nitrogens with zero attached hydrogens (tertiary/aromatic N) is 2. The normalized spacial score (nSPS) is 10.2. The van der Waals surface area contributed by atoms with Crippen LogP contribution in [0.1, 0.15) is 5.56 Å². The van der Waals surface area contributed by atoms with E-state index in [1.807, 2.05) is 24.3 Å². The lowest BCUT2D eigenvalue weighted by Crippen LogP contribution is -1.84. The van der Waals surface area contributed by atoms with Crippen LogP contribution in [-0.4, -0.2) is 20.3 Å². The van der Waals surface area contributed by atoms with Gasteiger partial charge in [-0.05, 0) is 5.56 Å². The van der Waals surface area contributed by atoms with Gasteiger partial charge in [0, 0.05) is 5.56 Å². The number of rotatable bonds is 2. The van der Waals surface area contributed by atoms with Crippen molar-refractivity contribution in [1.82, 2.24) is 15.2 Å². The molecule has 0 atom stereocenters. The lowest BCUT2D eigenvalue weighted by atomic mass is 10.1. The highest BCUT2D eigenvalue weighted by Crippen LogP contribution is 2.13. The first-order chi connectivity index (χ1) is 6.40. The van der Waals surface area contributed by atoms with Crippen molar-refractivity contribution in [2.45, 2.75) is 6.61 Å². The summed E-state index contributed by atoms with van der Waals surface area (Å²) in [6.45, 7) is 0.0638. The Hall–Kier alpha value is -1.68. The van der Waals surface area contributed by atoms with Crippen molar-refractivity contribution in [3.8, 4) is 11.4 Å². The van der Waals surface area contributed by atoms with Crippen LogP contribution in [0.2, 0.25) is 0 Å². The predicted octanol–water partition coefficient (Wildman–Crippen LogP) is 0.964. The van der Waals surface area contributed by atoms with Crippen molar-refractivity contribution in [1.29, 1.82) is 0 Å². The SMILES string of the molecule is OCc1ccc(-c2nc[nH]n2)cc1. The molecule has 0 amide bonds. The summed E-state index contributed by atoms with van der Waals surface area (Å²) in [7, 11) is 0. The molecule has 66 valence electrons. The molecule has 0 unspecified atom stereocenters. The van der Waals surface area contributed by atoms with Gasteiger partial charge in [-0.25, -0.2) is 4.98 Å². The van der Waals surface area contributed by atoms with E-state index in [1.54, 1.807) is 0 Å². The third kappa shape index (κ3) is 1.57. The summed E-state index contributed by atoms with van der Waals surface area (Å²) in [5.41, 5.74) is 1.83. The van der Waals surface area contributed by atoms with Crippen LogP contribution in [-0.2, 0) is 6.61 Å². The largest absolute Gasteiger partial charge is 0.392 e. The van der Waals surface area contributed by atoms with Crippen molar-refractivity contribution in [2.75, 3.05) is 0 Å². The fourth-order valence-corrected chi connectivity index (χ4v) is 1.11. The molecular formula is C9H9N3O. The standard InChI is InChI=1S/C9H9N3O/c13-5-7-1-3-8(4-2-7)9-10-6-11-12-9/h1-4,6,13H,5H2,(H,10,11,12). The van der Waals surface area contributed by atoms with Crippen LogP contribution in [0.25, 0.3) is 11.4 Å². The van der Waals surface area contributed by atoms with Gasteiger partial charge in [0.15, 0.2) is 5.82 Å². The molecule has 13 heavy (non-hydrogen) atoms. The van der Waals surface area contributed by atoms with Gasteiger partial charge in [-0.15, -0.1) is 0 Å². The van der Waals surface area contributed by atoms with E-state index in [4.69, 9.17) is 5.11 Å². The molecule has 1 heterocycles. The van der Waals surface area contributed by atoms with Crippen molar-refractivity contribution in [3.63, 3.8) is 0 Å². The van der Waals surface area contributed by atoms with Gasteiger partial charge in [0.1, 0.15) is 6.33 Å². The van der Waals surface area contributed by atoms with Gasteiger partial charge in [-0.1, -0.05) is 24.3 Å². The number of aliphatic hydroxyl groups is 1. The van der Waals surface area contributed by atoms with Crippen molar-refractivity contribution >= 4 is 0 Å². The minimum Gasteiger partial charge on any atom is -0.392 e. The third-order valence-corrected chi connectivity index (χ3v) is 1.81. The Balaban J connectivity index is 2.33. The zero-order valence-electron chi connectivity index (χ0n) is 6.94. The van der Waals surface area contributed by atoms with Crippen LogP contribution in [0.5, 0.6) is 0 Å². The Morgan fingerprint density at radius 1 is 1.23 bits per heavy atom. The highest BCUT2D eigenvalue weighted by Gasteiger charge is 1.99. The summed E-state index contributed by atoms with van der Waals surface area (Å²) in [5.74, 6) is 0.671. The highest BCUT2D eigenvalue weighted by molar-refractivity contribution is 5.54. The molecule has 0 bridgehead atoms. The maximum absolute atomic E-state index is 8.82. The van der Waals surface area contributed by atoms with Crippen LogP contribution < -0.4 is 0 Å². The summed E-state index contributed by atoms with van der Waals surface area (Å²) in [4.78, 5) is 4.01. The molecule has 0 saturated heterocycles.